The van der Waals surface area contributed by atoms with Crippen molar-refractivity contribution in [2.24, 2.45) is 4.99 Å². The van der Waals surface area contributed by atoms with E-state index in [4.69, 9.17) is 0 Å². The number of aliphatic imine (C=N–C) groups is 1. The number of hydrogen-bond donors (Lipinski definition) is 2. The van der Waals surface area contributed by atoms with Crippen molar-refractivity contribution < 1.29 is 0 Å². The van der Waals surface area contributed by atoms with Gasteiger partial charge in [0, 0.05) is 51.5 Å². The number of nitrogens with one attached hydrogen (secondary N) is 2. The van der Waals surface area contributed by atoms with E-state index in [0.717, 1.165) is 51.4 Å². The van der Waals surface area contributed by atoms with Gasteiger partial charge in [0.1, 0.15) is 0 Å². The predicted octanol–water partition coefficient (Wildman–Crippen LogP) is 2.70. The number of unbranched alkanes of at least 4 members (excludes halogenated alkanes) is 1. The SMILES string of the molecule is CN=C(NCCCCn1ccccc1=O)NCCC(C)N(C)Cc1ccccc1. The lowest BCUT2D eigenvalue weighted by Crippen LogP contribution is -2.40. The molecule has 2 aromatic rings. The zero-order chi connectivity index (χ0) is 20.9. The average Bonchev–Trinajstić information content (AvgIpc) is 2.74. The first-order valence-electron chi connectivity index (χ1n) is 10.4. The number of nitrogens with zero attached hydrogens (tertiary/aromatic N) is 3. The van der Waals surface area contributed by atoms with E-state index in [1.165, 1.54) is 5.56 Å². The van der Waals surface area contributed by atoms with Crippen LogP contribution in [0.3, 0.4) is 0 Å². The molecule has 0 saturated carbocycles. The van der Waals surface area contributed by atoms with Crippen LogP contribution < -0.4 is 16.2 Å². The number of rotatable bonds is 11. The molecular formula is C23H35N5O. The Balaban J connectivity index is 1.59. The molecule has 1 unspecified atom stereocenters. The molecule has 2 N–H and O–H groups in total. The minimum atomic E-state index is 0.0595. The Bertz CT molecular complexity index is 787. The molecule has 158 valence electrons. The van der Waals surface area contributed by atoms with Crippen LogP contribution in [-0.4, -0.2) is 48.7 Å². The van der Waals surface area contributed by atoms with Crippen molar-refractivity contribution in [3.63, 3.8) is 0 Å². The van der Waals surface area contributed by atoms with E-state index >= 15 is 0 Å². The van der Waals surface area contributed by atoms with Gasteiger partial charge >= 0.3 is 0 Å². The predicted molar refractivity (Wildman–Crippen MR) is 121 cm³/mol. The molecule has 0 radical (unpaired) electrons. The van der Waals surface area contributed by atoms with Crippen molar-refractivity contribution in [2.45, 2.75) is 45.3 Å². The third kappa shape index (κ3) is 8.52. The molecule has 0 aliphatic heterocycles. The standard InChI is InChI=1S/C23H35N5O/c1-20(27(3)19-21-11-5-4-6-12-21)14-16-26-23(24-2)25-15-8-10-18-28-17-9-7-13-22(28)29/h4-7,9,11-13,17,20H,8,10,14-16,18-19H2,1-3H3,(H2,24,25,26). The van der Waals surface area contributed by atoms with Crippen LogP contribution >= 0.6 is 0 Å². The molecule has 6 heteroatoms. The van der Waals surface area contributed by atoms with Gasteiger partial charge in [0.25, 0.3) is 0 Å². The molecule has 1 aromatic carbocycles. The number of pyridine rings is 1. The Morgan fingerprint density at radius 3 is 2.52 bits per heavy atom. The van der Waals surface area contributed by atoms with Crippen molar-refractivity contribution >= 4 is 5.96 Å². The van der Waals surface area contributed by atoms with E-state index in [1.54, 1.807) is 23.7 Å². The Morgan fingerprint density at radius 1 is 1.07 bits per heavy atom. The second-order valence-electron chi connectivity index (χ2n) is 7.40. The molecule has 1 atom stereocenters. The van der Waals surface area contributed by atoms with E-state index < -0.39 is 0 Å². The zero-order valence-corrected chi connectivity index (χ0v) is 18.0. The van der Waals surface area contributed by atoms with Crippen LogP contribution in [-0.2, 0) is 13.1 Å². The molecule has 0 spiro atoms. The van der Waals surface area contributed by atoms with Crippen LogP contribution in [0.1, 0.15) is 31.7 Å². The summed E-state index contributed by atoms with van der Waals surface area (Å²) < 4.78 is 1.75. The maximum Gasteiger partial charge on any atom is 0.250 e. The molecule has 29 heavy (non-hydrogen) atoms. The second kappa shape index (κ2) is 12.8. The molecule has 0 amide bonds. The summed E-state index contributed by atoms with van der Waals surface area (Å²) in [5.41, 5.74) is 1.40. The highest BCUT2D eigenvalue weighted by Crippen LogP contribution is 2.07. The maximum atomic E-state index is 11.7. The molecule has 1 aromatic heterocycles. The molecule has 1 heterocycles. The summed E-state index contributed by atoms with van der Waals surface area (Å²) in [6.07, 6.45) is 4.82. The topological polar surface area (TPSA) is 61.7 Å². The van der Waals surface area contributed by atoms with E-state index in [-0.39, 0.29) is 5.56 Å². The number of aryl methyl sites for hydroxylation is 1. The molecule has 0 aliphatic rings. The quantitative estimate of drug-likeness (QED) is 0.348. The normalized spacial score (nSPS) is 12.8. The molecule has 0 aliphatic carbocycles. The summed E-state index contributed by atoms with van der Waals surface area (Å²) in [4.78, 5) is 18.3. The van der Waals surface area contributed by atoms with Gasteiger partial charge in [0.05, 0.1) is 0 Å². The van der Waals surface area contributed by atoms with Crippen molar-refractivity contribution in [3.8, 4) is 0 Å². The monoisotopic (exact) mass is 397 g/mol. The lowest BCUT2D eigenvalue weighted by Gasteiger charge is -2.25. The van der Waals surface area contributed by atoms with Gasteiger partial charge in [0.15, 0.2) is 5.96 Å². The van der Waals surface area contributed by atoms with E-state index in [1.807, 2.05) is 12.3 Å². The minimum absolute atomic E-state index is 0.0595. The first-order chi connectivity index (χ1) is 14.1. The third-order valence-electron chi connectivity index (χ3n) is 5.12. The van der Waals surface area contributed by atoms with Gasteiger partial charge in [-0.2, -0.15) is 0 Å². The fourth-order valence-electron chi connectivity index (χ4n) is 3.13. The van der Waals surface area contributed by atoms with Gasteiger partial charge in [-0.05, 0) is 44.9 Å². The second-order valence-corrected chi connectivity index (χ2v) is 7.40. The summed E-state index contributed by atoms with van der Waals surface area (Å²) in [5, 5.41) is 6.74. The number of guanidine groups is 1. The Morgan fingerprint density at radius 2 is 1.79 bits per heavy atom. The fraction of sp³-hybridized carbons (Fsp3) is 0.478. The highest BCUT2D eigenvalue weighted by molar-refractivity contribution is 5.79. The molecule has 2 rings (SSSR count). The highest BCUT2D eigenvalue weighted by atomic mass is 16.1. The lowest BCUT2D eigenvalue weighted by atomic mass is 10.1. The van der Waals surface area contributed by atoms with Crippen molar-refractivity contribution in [1.29, 1.82) is 0 Å². The van der Waals surface area contributed by atoms with Crippen LogP contribution in [0.15, 0.2) is 64.5 Å². The molecule has 0 fully saturated rings. The van der Waals surface area contributed by atoms with E-state index in [9.17, 15) is 4.79 Å². The summed E-state index contributed by atoms with van der Waals surface area (Å²) in [6.45, 7) is 5.68. The number of aromatic nitrogens is 1. The van der Waals surface area contributed by atoms with Crippen LogP contribution in [0.2, 0.25) is 0 Å². The largest absolute Gasteiger partial charge is 0.356 e. The lowest BCUT2D eigenvalue weighted by molar-refractivity contribution is 0.238. The molecule has 0 saturated heterocycles. The van der Waals surface area contributed by atoms with Crippen molar-refractivity contribution in [1.82, 2.24) is 20.1 Å². The number of benzene rings is 1. The zero-order valence-electron chi connectivity index (χ0n) is 18.0. The number of hydrogen-bond acceptors (Lipinski definition) is 3. The first-order valence-corrected chi connectivity index (χ1v) is 10.4. The summed E-state index contributed by atoms with van der Waals surface area (Å²) in [5.74, 6) is 0.833. The van der Waals surface area contributed by atoms with Gasteiger partial charge in [0.2, 0.25) is 5.56 Å². The fourth-order valence-corrected chi connectivity index (χ4v) is 3.13. The van der Waals surface area contributed by atoms with Crippen LogP contribution in [0.5, 0.6) is 0 Å². The van der Waals surface area contributed by atoms with Crippen molar-refractivity contribution in [3.05, 3.63) is 70.6 Å². The minimum Gasteiger partial charge on any atom is -0.356 e. The summed E-state index contributed by atoms with van der Waals surface area (Å²) in [7, 11) is 3.96. The Hall–Kier alpha value is -2.60. The summed E-state index contributed by atoms with van der Waals surface area (Å²) in [6, 6.07) is 16.3. The van der Waals surface area contributed by atoms with Gasteiger partial charge in [-0.1, -0.05) is 36.4 Å². The smallest absolute Gasteiger partial charge is 0.250 e. The van der Waals surface area contributed by atoms with Gasteiger partial charge < -0.3 is 15.2 Å². The maximum absolute atomic E-state index is 11.7. The van der Waals surface area contributed by atoms with Gasteiger partial charge in [-0.25, -0.2) is 0 Å². The van der Waals surface area contributed by atoms with Gasteiger partial charge in [-0.15, -0.1) is 0 Å². The van der Waals surface area contributed by atoms with Gasteiger partial charge in [-0.3, -0.25) is 14.7 Å². The van der Waals surface area contributed by atoms with Crippen molar-refractivity contribution in [2.75, 3.05) is 27.2 Å². The highest BCUT2D eigenvalue weighted by Gasteiger charge is 2.09. The van der Waals surface area contributed by atoms with E-state index in [2.05, 4.69) is 64.8 Å². The van der Waals surface area contributed by atoms with Crippen LogP contribution in [0, 0.1) is 0 Å². The third-order valence-corrected chi connectivity index (χ3v) is 5.12. The molecular weight excluding hydrogens is 362 g/mol. The molecule has 0 bridgehead atoms. The van der Waals surface area contributed by atoms with Crippen LogP contribution in [0.25, 0.3) is 0 Å². The van der Waals surface area contributed by atoms with E-state index in [0.29, 0.717) is 6.04 Å². The average molecular weight is 398 g/mol. The Kier molecular flexibility index (Phi) is 10.00. The summed E-state index contributed by atoms with van der Waals surface area (Å²) >= 11 is 0. The first kappa shape index (κ1) is 22.7. The van der Waals surface area contributed by atoms with Crippen LogP contribution in [0.4, 0.5) is 0 Å². The molecule has 6 nitrogen and oxygen atoms in total. The Labute approximate surface area is 174 Å².